The number of fused-ring (bicyclic) bond motifs is 1. The van der Waals surface area contributed by atoms with E-state index < -0.39 is 40.6 Å². The summed E-state index contributed by atoms with van der Waals surface area (Å²) in [5.74, 6) is -1.43. The molecular formula is C31H28N6O6S. The molecule has 1 N–H and O–H groups in total. The fourth-order valence-corrected chi connectivity index (χ4v) is 7.28. The summed E-state index contributed by atoms with van der Waals surface area (Å²) in [5, 5.41) is 5.70. The molecule has 0 radical (unpaired) electrons. The van der Waals surface area contributed by atoms with E-state index in [1.165, 1.54) is 9.80 Å². The lowest BCUT2D eigenvalue weighted by molar-refractivity contribution is -0.157. The van der Waals surface area contributed by atoms with Crippen LogP contribution in [0.25, 0.3) is 10.4 Å². The highest BCUT2D eigenvalue weighted by molar-refractivity contribution is 8.02. The number of hydrogen-bond donors (Lipinski definition) is 1. The molecule has 0 aromatic heterocycles. The first-order valence-corrected chi connectivity index (χ1v) is 14.9. The van der Waals surface area contributed by atoms with Crippen LogP contribution in [0.3, 0.4) is 0 Å². The van der Waals surface area contributed by atoms with Crippen molar-refractivity contribution in [2.24, 2.45) is 5.11 Å². The average molecular weight is 613 g/mol. The Labute approximate surface area is 256 Å². The molecule has 224 valence electrons. The van der Waals surface area contributed by atoms with Crippen LogP contribution in [0.5, 0.6) is 0 Å². The number of thioether (sulfide) groups is 1. The summed E-state index contributed by atoms with van der Waals surface area (Å²) in [4.78, 5) is 57.5. The molecular weight excluding hydrogens is 584 g/mol. The second kappa shape index (κ2) is 12.3. The van der Waals surface area contributed by atoms with Gasteiger partial charge in [-0.1, -0.05) is 108 Å². The standard InChI is InChI=1S/C31H28N6O6S/c32-35-33-17-23-18-37(30(41)42-23)31(29(40)43-26(21-12-6-2-7-13-21)22-14-8-3-9-15-22)19-36-27(39)25(28(36)44-31)34-24(38)16-20-10-4-1-5-11-20/h1-15,23,25-26,28H,16-19H2,(H,34,38)/t23?,25-,28-,31-/m1/s1. The van der Waals surface area contributed by atoms with Crippen molar-refractivity contribution in [2.45, 2.75) is 34.9 Å². The van der Waals surface area contributed by atoms with Crippen LogP contribution in [0, 0.1) is 0 Å². The van der Waals surface area contributed by atoms with Gasteiger partial charge < -0.3 is 19.7 Å². The Kier molecular flexibility index (Phi) is 8.14. The van der Waals surface area contributed by atoms with Gasteiger partial charge in [0.2, 0.25) is 16.7 Å². The fraction of sp³-hybridized carbons (Fsp3) is 0.290. The van der Waals surface area contributed by atoms with Gasteiger partial charge in [0, 0.05) is 4.91 Å². The second-order valence-corrected chi connectivity index (χ2v) is 12.0. The number of amides is 3. The van der Waals surface area contributed by atoms with E-state index in [4.69, 9.17) is 15.0 Å². The highest BCUT2D eigenvalue weighted by Gasteiger charge is 2.67. The first-order chi connectivity index (χ1) is 21.4. The molecule has 4 atom stereocenters. The van der Waals surface area contributed by atoms with Crippen LogP contribution in [0.2, 0.25) is 0 Å². The second-order valence-electron chi connectivity index (χ2n) is 10.6. The monoisotopic (exact) mass is 612 g/mol. The highest BCUT2D eigenvalue weighted by Crippen LogP contribution is 2.51. The maximum absolute atomic E-state index is 14.4. The number of hydrogen-bond acceptors (Lipinski definition) is 8. The van der Waals surface area contributed by atoms with E-state index >= 15 is 0 Å². The number of carbonyl (C=O) groups excluding carboxylic acids is 4. The summed E-state index contributed by atoms with van der Waals surface area (Å²) in [6.07, 6.45) is -2.29. The molecule has 0 spiro atoms. The molecule has 3 aliphatic rings. The van der Waals surface area contributed by atoms with E-state index in [0.717, 1.165) is 28.5 Å². The van der Waals surface area contributed by atoms with E-state index in [0.29, 0.717) is 0 Å². The van der Waals surface area contributed by atoms with Crippen molar-refractivity contribution in [1.29, 1.82) is 0 Å². The number of esters is 1. The Morgan fingerprint density at radius 3 is 2.25 bits per heavy atom. The van der Waals surface area contributed by atoms with E-state index in [-0.39, 0.29) is 37.9 Å². The zero-order chi connectivity index (χ0) is 30.7. The third kappa shape index (κ3) is 5.54. The molecule has 3 aromatic rings. The minimum Gasteiger partial charge on any atom is -0.450 e. The Morgan fingerprint density at radius 1 is 1.02 bits per heavy atom. The van der Waals surface area contributed by atoms with E-state index in [1.807, 2.05) is 91.0 Å². The van der Waals surface area contributed by atoms with Gasteiger partial charge in [-0.3, -0.25) is 14.5 Å². The van der Waals surface area contributed by atoms with E-state index in [2.05, 4.69) is 15.3 Å². The molecule has 12 nitrogen and oxygen atoms in total. The summed E-state index contributed by atoms with van der Waals surface area (Å²) < 4.78 is 11.7. The normalized spacial score (nSPS) is 23.8. The van der Waals surface area contributed by atoms with Crippen molar-refractivity contribution in [1.82, 2.24) is 15.1 Å². The van der Waals surface area contributed by atoms with Gasteiger partial charge in [0.1, 0.15) is 17.5 Å². The van der Waals surface area contributed by atoms with Gasteiger partial charge in [-0.25, -0.2) is 9.59 Å². The molecule has 3 amide bonds. The molecule has 6 rings (SSSR count). The molecule has 3 aromatic carbocycles. The first-order valence-electron chi connectivity index (χ1n) is 14.0. The quantitative estimate of drug-likeness (QED) is 0.120. The predicted octanol–water partition coefficient (Wildman–Crippen LogP) is 3.79. The van der Waals surface area contributed by atoms with Crippen molar-refractivity contribution in [3.63, 3.8) is 0 Å². The number of carbonyl (C=O) groups is 4. The zero-order valence-corrected chi connectivity index (χ0v) is 24.2. The number of nitrogens with one attached hydrogen (secondary N) is 1. The van der Waals surface area contributed by atoms with E-state index in [1.54, 1.807) is 0 Å². The molecule has 3 fully saturated rings. The number of ether oxygens (including phenoxy) is 2. The number of β-lactam (4-membered cyclic amide) rings is 1. The molecule has 13 heteroatoms. The number of azide groups is 1. The Bertz CT molecular complexity index is 1570. The molecule has 3 heterocycles. The largest absolute Gasteiger partial charge is 0.450 e. The van der Waals surface area contributed by atoms with Crippen LogP contribution < -0.4 is 5.32 Å². The lowest BCUT2D eigenvalue weighted by Crippen LogP contribution is -2.67. The molecule has 0 saturated carbocycles. The van der Waals surface area contributed by atoms with Gasteiger partial charge in [-0.15, -0.1) is 0 Å². The summed E-state index contributed by atoms with van der Waals surface area (Å²) in [6.45, 7) is -0.332. The summed E-state index contributed by atoms with van der Waals surface area (Å²) in [7, 11) is 0. The lowest BCUT2D eigenvalue weighted by Gasteiger charge is -2.41. The van der Waals surface area contributed by atoms with Crippen LogP contribution in [0.15, 0.2) is 96.1 Å². The molecule has 3 saturated heterocycles. The Hall–Kier alpha value is -5.00. The van der Waals surface area contributed by atoms with Crippen molar-refractivity contribution in [2.75, 3.05) is 19.6 Å². The summed E-state index contributed by atoms with van der Waals surface area (Å²) in [6, 6.07) is 26.7. The summed E-state index contributed by atoms with van der Waals surface area (Å²) in [5.41, 5.74) is 11.0. The van der Waals surface area contributed by atoms with Crippen LogP contribution in [0.4, 0.5) is 4.79 Å². The number of benzene rings is 3. The van der Waals surface area contributed by atoms with E-state index in [9.17, 15) is 19.2 Å². The van der Waals surface area contributed by atoms with Crippen LogP contribution >= 0.6 is 11.8 Å². The van der Waals surface area contributed by atoms with Crippen molar-refractivity contribution >= 4 is 35.6 Å². The predicted molar refractivity (Wildman–Crippen MR) is 160 cm³/mol. The van der Waals surface area contributed by atoms with Gasteiger partial charge in [0.15, 0.2) is 6.10 Å². The molecule has 3 aliphatic heterocycles. The average Bonchev–Trinajstić information content (AvgIpc) is 3.61. The van der Waals surface area contributed by atoms with Crippen LogP contribution in [0.1, 0.15) is 22.8 Å². The lowest BCUT2D eigenvalue weighted by atomic mass is 10.0. The van der Waals surface area contributed by atoms with Crippen LogP contribution in [-0.2, 0) is 30.3 Å². The SMILES string of the molecule is [N-]=[N+]=NCC1CN([C@]2(C(=O)OC(c3ccccc3)c3ccccc3)CN3C(=O)[C@@H](NC(=O)Cc4ccccc4)[C@H]3S2)C(=O)O1. The Balaban J connectivity index is 1.29. The van der Waals surface area contributed by atoms with Gasteiger partial charge in [0.05, 0.1) is 26.1 Å². The molecule has 0 aliphatic carbocycles. The van der Waals surface area contributed by atoms with Gasteiger partial charge in [-0.2, -0.15) is 0 Å². The number of nitrogens with zero attached hydrogens (tertiary/aromatic N) is 5. The molecule has 1 unspecified atom stereocenters. The first kappa shape index (κ1) is 29.1. The Morgan fingerprint density at radius 2 is 1.64 bits per heavy atom. The number of rotatable bonds is 10. The fourth-order valence-electron chi connectivity index (χ4n) is 5.62. The maximum atomic E-state index is 14.4. The van der Waals surface area contributed by atoms with Gasteiger partial charge in [0.25, 0.3) is 0 Å². The highest BCUT2D eigenvalue weighted by atomic mass is 32.2. The maximum Gasteiger partial charge on any atom is 0.411 e. The van der Waals surface area contributed by atoms with Gasteiger partial charge >= 0.3 is 12.1 Å². The smallest absolute Gasteiger partial charge is 0.411 e. The zero-order valence-electron chi connectivity index (χ0n) is 23.4. The topological polar surface area (TPSA) is 154 Å². The third-order valence-electron chi connectivity index (χ3n) is 7.77. The minimum absolute atomic E-state index is 0.0545. The van der Waals surface area contributed by atoms with Crippen molar-refractivity contribution < 1.29 is 28.7 Å². The number of cyclic esters (lactones) is 1. The third-order valence-corrected chi connectivity index (χ3v) is 9.45. The van der Waals surface area contributed by atoms with Crippen molar-refractivity contribution in [3.8, 4) is 0 Å². The molecule has 44 heavy (non-hydrogen) atoms. The van der Waals surface area contributed by atoms with Crippen molar-refractivity contribution in [3.05, 3.63) is 118 Å². The van der Waals surface area contributed by atoms with Crippen LogP contribution in [-0.4, -0.2) is 75.7 Å². The minimum atomic E-state index is -1.68. The van der Waals surface area contributed by atoms with Gasteiger partial charge in [-0.05, 0) is 22.2 Å². The summed E-state index contributed by atoms with van der Waals surface area (Å²) >= 11 is 1.07. The molecule has 0 bridgehead atoms.